The number of nitriles is 1. The normalized spacial score (nSPS) is 12.3. The zero-order valence-electron chi connectivity index (χ0n) is 64.4. The molecule has 20 rings (SSSR count). The molecule has 120 heavy (non-hydrogen) atoms. The Morgan fingerprint density at radius 1 is 0.350 bits per heavy atom. The lowest BCUT2D eigenvalue weighted by Crippen LogP contribution is -2.13. The summed E-state index contributed by atoms with van der Waals surface area (Å²) in [6.07, 6.45) is 17.3. The van der Waals surface area contributed by atoms with Gasteiger partial charge in [0.15, 0.2) is 51.7 Å². The van der Waals surface area contributed by atoms with Crippen LogP contribution in [0.5, 0.6) is 0 Å². The molecule has 0 saturated heterocycles. The van der Waals surface area contributed by atoms with Gasteiger partial charge in [0.2, 0.25) is 0 Å². The van der Waals surface area contributed by atoms with E-state index in [1.165, 1.54) is 49.8 Å². The number of hydrogen-bond donors (Lipinski definition) is 8. The number of para-hydroxylation sites is 2. The quantitative estimate of drug-likeness (QED) is 0.0416. The highest BCUT2D eigenvalue weighted by Crippen LogP contribution is 2.38. The van der Waals surface area contributed by atoms with E-state index < -0.39 is 23.5 Å². The Hall–Kier alpha value is -16.3. The molecule has 0 bridgehead atoms. The molecule has 0 fully saturated rings. The Morgan fingerprint density at radius 2 is 0.808 bits per heavy atom. The number of imidazole rings is 4. The number of rotatable bonds is 16. The minimum absolute atomic E-state index is 0.0103. The molecule has 0 saturated carbocycles. The fourth-order valence-corrected chi connectivity index (χ4v) is 13.8. The first-order valence-corrected chi connectivity index (χ1v) is 37.5. The number of aryl methyl sites for hydroxylation is 2. The molecule has 30 nitrogen and oxygen atoms in total. The molecule has 2 unspecified atom stereocenters. The second-order valence-electron chi connectivity index (χ2n) is 27.7. The van der Waals surface area contributed by atoms with Crippen LogP contribution in [0.15, 0.2) is 221 Å². The van der Waals surface area contributed by atoms with Crippen molar-refractivity contribution in [2.45, 2.75) is 65.7 Å². The van der Waals surface area contributed by atoms with Crippen molar-refractivity contribution in [3.63, 3.8) is 0 Å². The highest BCUT2D eigenvalue weighted by atomic mass is 19.1. The average Bonchev–Trinajstić information content (AvgIpc) is 0.954. The molecule has 0 spiro atoms. The average molecular weight is 1600 g/mol. The van der Waals surface area contributed by atoms with Gasteiger partial charge in [-0.05, 0) is 156 Å². The number of pyridine rings is 5. The summed E-state index contributed by atoms with van der Waals surface area (Å²) in [5.41, 5.74) is 18.5. The third-order valence-electron chi connectivity index (χ3n) is 19.5. The van der Waals surface area contributed by atoms with Crippen LogP contribution in [0.2, 0.25) is 0 Å². The smallest absolute Gasteiger partial charge is 0.182 e. The van der Waals surface area contributed by atoms with Gasteiger partial charge in [0.25, 0.3) is 0 Å². The van der Waals surface area contributed by atoms with Crippen LogP contribution in [0.3, 0.4) is 0 Å². The summed E-state index contributed by atoms with van der Waals surface area (Å²) in [7, 11) is 0. The predicted octanol–water partition coefficient (Wildman–Crippen LogP) is 17.0. The van der Waals surface area contributed by atoms with E-state index in [2.05, 4.69) is 138 Å². The van der Waals surface area contributed by atoms with Crippen molar-refractivity contribution in [1.29, 1.82) is 5.26 Å². The van der Waals surface area contributed by atoms with Crippen molar-refractivity contribution in [3.05, 3.63) is 283 Å². The Morgan fingerprint density at radius 3 is 1.32 bits per heavy atom. The molecule has 4 atom stereocenters. The van der Waals surface area contributed by atoms with Crippen LogP contribution in [0.4, 0.5) is 40.8 Å². The Labute approximate surface area is 677 Å². The Kier molecular flexibility index (Phi) is 21.1. The van der Waals surface area contributed by atoms with Gasteiger partial charge in [-0.25, -0.2) is 107 Å². The number of halogens is 4. The largest absolute Gasteiger partial charge is 0.362 e. The van der Waals surface area contributed by atoms with E-state index in [0.29, 0.717) is 95.8 Å². The van der Waals surface area contributed by atoms with Crippen molar-refractivity contribution in [3.8, 4) is 51.5 Å². The zero-order chi connectivity index (χ0) is 82.5. The lowest BCUT2D eigenvalue weighted by Gasteiger charge is -2.19. The van der Waals surface area contributed by atoms with Gasteiger partial charge >= 0.3 is 0 Å². The maximum absolute atomic E-state index is 14.7. The minimum atomic E-state index is -0.771. The lowest BCUT2D eigenvalue weighted by atomic mass is 9.99. The van der Waals surface area contributed by atoms with Crippen LogP contribution in [0.25, 0.3) is 134 Å². The van der Waals surface area contributed by atoms with E-state index in [1.54, 1.807) is 56.6 Å². The van der Waals surface area contributed by atoms with Crippen LogP contribution >= 0.6 is 0 Å². The van der Waals surface area contributed by atoms with Crippen molar-refractivity contribution in [2.75, 3.05) is 21.3 Å². The van der Waals surface area contributed by atoms with Gasteiger partial charge in [0.05, 0.1) is 128 Å². The molecule has 34 heteroatoms. The van der Waals surface area contributed by atoms with Crippen molar-refractivity contribution in [2.24, 2.45) is 0 Å². The highest BCUT2D eigenvalue weighted by molar-refractivity contribution is 5.91. The molecule has 5 aromatic carbocycles. The maximum atomic E-state index is 14.7. The molecule has 0 aliphatic rings. The zero-order valence-corrected chi connectivity index (χ0v) is 64.4. The van der Waals surface area contributed by atoms with Gasteiger partial charge in [0.1, 0.15) is 82.1 Å². The van der Waals surface area contributed by atoms with Gasteiger partial charge in [-0.1, -0.05) is 42.5 Å². The monoisotopic (exact) mass is 1590 g/mol. The maximum Gasteiger partial charge on any atom is 0.182 e. The number of fused-ring (bicyclic) bond motifs is 8. The summed E-state index contributed by atoms with van der Waals surface area (Å²) >= 11 is 0. The van der Waals surface area contributed by atoms with E-state index in [9.17, 15) is 22.8 Å². The first kappa shape index (κ1) is 76.3. The predicted molar refractivity (Wildman–Crippen MR) is 447 cm³/mol. The minimum Gasteiger partial charge on any atom is -0.362 e. The highest BCUT2D eigenvalue weighted by Gasteiger charge is 2.26. The summed E-state index contributed by atoms with van der Waals surface area (Å²) in [6.45, 7) is 11.7. The number of nitrogens with zero attached hydrogens (tertiary/aromatic N) is 22. The molecular weight excluding hydrogens is 1530 g/mol. The summed E-state index contributed by atoms with van der Waals surface area (Å²) < 4.78 is 56.9. The third-order valence-corrected chi connectivity index (χ3v) is 19.5. The van der Waals surface area contributed by atoms with Crippen LogP contribution < -0.4 is 21.3 Å². The standard InChI is InChI=1S/C22H18FN7.C22H16N8.C21H14F3N7.C21H18N8/c1-12-7-16(23)15-9-14(19(30-18(15)8-12)17-5-3-4-6-24-17)13(2)29-22-20-21(26-10-25-20)27-11-28-22;1-13(29-22-20-21(26-11-25-20)27-12-28-22)16-9-14-5-4-6-15(10-23)18(14)30-19(16)17-7-2-3-8-24-17;1-10(29-21-19-20(26-8-25-19)27-9-28-21)16-17(11-5-12(22)7-13(23)6-11)31-18-14(24)3-2-4-15(18)30-16;1-12-6-7-14-16(9-12)29-18(15-5-3-4-8-22-15)17(28-14)13(2)27-21-19-20(24-10-23-19)25-11-26-21/h3-11,13H,1-2H3,(H2,25,26,27,28,29);2-9,11-13H,1H3,(H2,25,26,27,28,29);2-10H,1H3,(H2,25,26,27,28,29);3-11,13H,1-2H3,(H2,23,24,25,26,27)/t;13-;;13-/m.0.0/s1. The first-order valence-electron chi connectivity index (χ1n) is 37.5. The number of benzene rings is 5. The third kappa shape index (κ3) is 15.9. The summed E-state index contributed by atoms with van der Waals surface area (Å²) in [5.74, 6) is -0.0183. The van der Waals surface area contributed by atoms with Crippen LogP contribution in [-0.4, -0.2) is 125 Å². The van der Waals surface area contributed by atoms with E-state index in [-0.39, 0.29) is 40.7 Å². The van der Waals surface area contributed by atoms with Gasteiger partial charge in [-0.3, -0.25) is 15.0 Å². The van der Waals surface area contributed by atoms with Crippen LogP contribution in [0, 0.1) is 48.4 Å². The molecule has 0 aliphatic carbocycles. The molecule has 20 aromatic rings. The van der Waals surface area contributed by atoms with Gasteiger partial charge in [-0.2, -0.15) is 5.26 Å². The van der Waals surface area contributed by atoms with Gasteiger partial charge < -0.3 is 41.2 Å². The molecule has 8 N–H and O–H groups in total. The lowest BCUT2D eigenvalue weighted by molar-refractivity contribution is 0.584. The Balaban J connectivity index is 0.000000114. The summed E-state index contributed by atoms with van der Waals surface area (Å²) in [4.78, 5) is 104. The number of anilines is 4. The number of nitrogens with one attached hydrogen (secondary N) is 8. The van der Waals surface area contributed by atoms with Gasteiger partial charge in [-0.15, -0.1) is 0 Å². The number of aromatic amines is 4. The summed E-state index contributed by atoms with van der Waals surface area (Å²) in [6, 6.07) is 44.7. The van der Waals surface area contributed by atoms with E-state index in [1.807, 2.05) is 132 Å². The topological polar surface area (TPSA) is 406 Å². The van der Waals surface area contributed by atoms with Crippen molar-refractivity contribution < 1.29 is 17.6 Å². The number of hydrogen-bond acceptors (Lipinski definition) is 26. The SMILES string of the molecule is CC(Nc1ncnc2nc[nH]c12)c1nc2cccc(F)c2nc1-c1cc(F)cc(F)c1.C[C@H](Nc1ncnc2nc[nH]c12)c1cc2cccc(C#N)c2nc1-c1ccccn1.Cc1cc(F)c2cc(C(C)Nc3ncnc4nc[nH]c34)c(-c3ccccn3)nc2c1.Cc1ccc2nc([C@H](C)Nc3ncnc4nc[nH]c34)c(-c3ccccn3)nc2c1. The molecular formula is C86H66F4N30. The van der Waals surface area contributed by atoms with E-state index in [4.69, 9.17) is 19.9 Å². The van der Waals surface area contributed by atoms with E-state index in [0.717, 1.165) is 102 Å². The fraction of sp³-hybridized carbons (Fsp3) is 0.116. The number of aromatic nitrogens is 25. The second kappa shape index (κ2) is 33.2. The van der Waals surface area contributed by atoms with Gasteiger partial charge in [0, 0.05) is 52.1 Å². The van der Waals surface area contributed by atoms with Crippen molar-refractivity contribution in [1.82, 2.24) is 125 Å². The van der Waals surface area contributed by atoms with Crippen LogP contribution in [-0.2, 0) is 0 Å². The molecule has 0 amide bonds. The fourth-order valence-electron chi connectivity index (χ4n) is 13.8. The first-order chi connectivity index (χ1) is 58.5. The second-order valence-corrected chi connectivity index (χ2v) is 27.7. The molecule has 588 valence electrons. The van der Waals surface area contributed by atoms with E-state index >= 15 is 0 Å². The molecule has 0 aliphatic heterocycles. The molecule has 0 radical (unpaired) electrons. The summed E-state index contributed by atoms with van der Waals surface area (Å²) in [5, 5.41) is 24.3. The van der Waals surface area contributed by atoms with Crippen molar-refractivity contribution >= 4 is 112 Å². The number of H-pyrrole nitrogens is 4. The Bertz CT molecular complexity index is 7210. The van der Waals surface area contributed by atoms with Crippen LogP contribution in [0.1, 0.15) is 91.1 Å². The molecule has 15 aromatic heterocycles. The molecule has 15 heterocycles.